The van der Waals surface area contributed by atoms with Crippen molar-refractivity contribution >= 4 is 10.0 Å². The quantitative estimate of drug-likeness (QED) is 0.902. The molecule has 1 aliphatic rings. The first kappa shape index (κ1) is 15.2. The summed E-state index contributed by atoms with van der Waals surface area (Å²) in [5.74, 6) is 1.40. The Labute approximate surface area is 130 Å². The van der Waals surface area contributed by atoms with Crippen molar-refractivity contribution in [3.63, 3.8) is 0 Å². The van der Waals surface area contributed by atoms with Crippen molar-refractivity contribution in [2.75, 3.05) is 19.3 Å². The number of oxazole rings is 1. The molecule has 0 bridgehead atoms. The van der Waals surface area contributed by atoms with Crippen LogP contribution in [0.4, 0.5) is 0 Å². The number of nitrogens with zero attached hydrogens (tertiary/aromatic N) is 2. The normalized spacial score (nSPS) is 19.6. The Morgan fingerprint density at radius 1 is 1.36 bits per heavy atom. The standard InChI is InChI=1S/C15H19N3O3S/c1-22(19,20)17-13-7-8-18(10-13)11-14-9-16-15(21-14)12-5-3-2-4-6-12/h2-6,9,13,17H,7-8,10-11H2,1H3/t13-/m0/s1. The Hall–Kier alpha value is -1.70. The maximum absolute atomic E-state index is 11.3. The van der Waals surface area contributed by atoms with Crippen molar-refractivity contribution in [1.82, 2.24) is 14.6 Å². The second kappa shape index (κ2) is 6.20. The summed E-state index contributed by atoms with van der Waals surface area (Å²) in [5, 5.41) is 0. The van der Waals surface area contributed by atoms with Crippen LogP contribution in [-0.2, 0) is 16.6 Å². The van der Waals surface area contributed by atoms with Gasteiger partial charge in [-0.25, -0.2) is 18.1 Å². The molecule has 2 aromatic rings. The summed E-state index contributed by atoms with van der Waals surface area (Å²) in [6, 6.07) is 9.73. The number of nitrogens with one attached hydrogen (secondary N) is 1. The molecular formula is C15H19N3O3S. The molecule has 0 saturated carbocycles. The monoisotopic (exact) mass is 321 g/mol. The Balaban J connectivity index is 1.60. The van der Waals surface area contributed by atoms with Crippen LogP contribution < -0.4 is 4.72 Å². The molecule has 1 saturated heterocycles. The van der Waals surface area contributed by atoms with E-state index in [1.165, 1.54) is 6.26 Å². The van der Waals surface area contributed by atoms with E-state index in [-0.39, 0.29) is 6.04 Å². The lowest BCUT2D eigenvalue weighted by atomic mass is 10.2. The van der Waals surface area contributed by atoms with Crippen LogP contribution in [0, 0.1) is 0 Å². The second-order valence-corrected chi connectivity index (χ2v) is 7.39. The second-order valence-electron chi connectivity index (χ2n) is 5.61. The summed E-state index contributed by atoms with van der Waals surface area (Å²) in [7, 11) is -3.15. The molecular weight excluding hydrogens is 302 g/mol. The molecule has 1 aromatic heterocycles. The Morgan fingerprint density at radius 2 is 2.14 bits per heavy atom. The topological polar surface area (TPSA) is 75.4 Å². The van der Waals surface area contributed by atoms with Gasteiger partial charge in [0.15, 0.2) is 0 Å². The highest BCUT2D eigenvalue weighted by atomic mass is 32.2. The summed E-state index contributed by atoms with van der Waals surface area (Å²) in [4.78, 5) is 6.47. The third-order valence-corrected chi connectivity index (χ3v) is 4.37. The van der Waals surface area contributed by atoms with Crippen LogP contribution in [0.2, 0.25) is 0 Å². The van der Waals surface area contributed by atoms with Gasteiger partial charge in [-0.2, -0.15) is 0 Å². The molecule has 7 heteroatoms. The zero-order chi connectivity index (χ0) is 15.6. The zero-order valence-corrected chi connectivity index (χ0v) is 13.2. The summed E-state index contributed by atoms with van der Waals surface area (Å²) < 4.78 is 30.9. The van der Waals surface area contributed by atoms with Gasteiger partial charge in [0.05, 0.1) is 19.0 Å². The molecule has 2 heterocycles. The van der Waals surface area contributed by atoms with Gasteiger partial charge < -0.3 is 4.42 Å². The maximum Gasteiger partial charge on any atom is 0.226 e. The highest BCUT2D eigenvalue weighted by Crippen LogP contribution is 2.20. The molecule has 1 atom stereocenters. The molecule has 0 spiro atoms. The van der Waals surface area contributed by atoms with Crippen LogP contribution in [0.1, 0.15) is 12.2 Å². The van der Waals surface area contributed by atoms with Crippen LogP contribution in [0.3, 0.4) is 0 Å². The number of hydrogen-bond donors (Lipinski definition) is 1. The van der Waals surface area contributed by atoms with E-state index in [9.17, 15) is 8.42 Å². The molecule has 1 fully saturated rings. The van der Waals surface area contributed by atoms with Crippen LogP contribution in [-0.4, -0.2) is 43.7 Å². The minimum Gasteiger partial charge on any atom is -0.440 e. The van der Waals surface area contributed by atoms with Crippen LogP contribution in [0.5, 0.6) is 0 Å². The third-order valence-electron chi connectivity index (χ3n) is 3.61. The SMILES string of the molecule is CS(=O)(=O)N[C@H]1CCN(Cc2cnc(-c3ccccc3)o2)C1. The molecule has 22 heavy (non-hydrogen) atoms. The van der Waals surface area contributed by atoms with E-state index in [1.54, 1.807) is 6.20 Å². The smallest absolute Gasteiger partial charge is 0.226 e. The van der Waals surface area contributed by atoms with E-state index in [4.69, 9.17) is 4.42 Å². The van der Waals surface area contributed by atoms with Crippen LogP contribution >= 0.6 is 0 Å². The first-order valence-electron chi connectivity index (χ1n) is 7.19. The summed E-state index contributed by atoms with van der Waals surface area (Å²) in [6.45, 7) is 2.17. The number of likely N-dealkylation sites (tertiary alicyclic amines) is 1. The molecule has 0 unspecified atom stereocenters. The lowest BCUT2D eigenvalue weighted by molar-refractivity contribution is 0.294. The molecule has 0 radical (unpaired) electrons. The average Bonchev–Trinajstić information content (AvgIpc) is 3.08. The van der Waals surface area contributed by atoms with Crippen molar-refractivity contribution < 1.29 is 12.8 Å². The van der Waals surface area contributed by atoms with Gasteiger partial charge in [0.25, 0.3) is 0 Å². The number of rotatable bonds is 5. The molecule has 0 amide bonds. The lowest BCUT2D eigenvalue weighted by Crippen LogP contribution is -2.36. The fraction of sp³-hybridized carbons (Fsp3) is 0.400. The van der Waals surface area contributed by atoms with Gasteiger partial charge in [0, 0.05) is 24.7 Å². The van der Waals surface area contributed by atoms with Gasteiger partial charge in [-0.05, 0) is 18.6 Å². The van der Waals surface area contributed by atoms with Crippen molar-refractivity contribution in [2.45, 2.75) is 19.0 Å². The molecule has 1 N–H and O–H groups in total. The highest BCUT2D eigenvalue weighted by Gasteiger charge is 2.25. The fourth-order valence-corrected chi connectivity index (χ4v) is 3.49. The lowest BCUT2D eigenvalue weighted by Gasteiger charge is -2.14. The van der Waals surface area contributed by atoms with Gasteiger partial charge in [0.1, 0.15) is 5.76 Å². The molecule has 118 valence electrons. The highest BCUT2D eigenvalue weighted by molar-refractivity contribution is 7.88. The van der Waals surface area contributed by atoms with E-state index in [2.05, 4.69) is 14.6 Å². The van der Waals surface area contributed by atoms with Gasteiger partial charge >= 0.3 is 0 Å². The van der Waals surface area contributed by atoms with E-state index in [0.717, 1.165) is 24.3 Å². The fourth-order valence-electron chi connectivity index (χ4n) is 2.69. The molecule has 0 aliphatic carbocycles. The number of benzene rings is 1. The summed E-state index contributed by atoms with van der Waals surface area (Å²) in [6.07, 6.45) is 3.74. The number of sulfonamides is 1. The minimum absolute atomic E-state index is 0.0217. The van der Waals surface area contributed by atoms with Gasteiger partial charge in [0.2, 0.25) is 15.9 Å². The number of aromatic nitrogens is 1. The van der Waals surface area contributed by atoms with E-state index < -0.39 is 10.0 Å². The van der Waals surface area contributed by atoms with Crippen molar-refractivity contribution in [3.05, 3.63) is 42.3 Å². The zero-order valence-electron chi connectivity index (χ0n) is 12.4. The first-order valence-corrected chi connectivity index (χ1v) is 9.08. The van der Waals surface area contributed by atoms with E-state index >= 15 is 0 Å². The van der Waals surface area contributed by atoms with E-state index in [1.807, 2.05) is 30.3 Å². The first-order chi connectivity index (χ1) is 10.5. The predicted molar refractivity (Wildman–Crippen MR) is 83.6 cm³/mol. The minimum atomic E-state index is -3.15. The van der Waals surface area contributed by atoms with Gasteiger partial charge in [-0.1, -0.05) is 18.2 Å². The predicted octanol–water partition coefficient (Wildman–Crippen LogP) is 1.47. The molecule has 1 aromatic carbocycles. The Morgan fingerprint density at radius 3 is 2.86 bits per heavy atom. The average molecular weight is 321 g/mol. The summed E-state index contributed by atoms with van der Waals surface area (Å²) >= 11 is 0. The van der Waals surface area contributed by atoms with Crippen molar-refractivity contribution in [1.29, 1.82) is 0 Å². The van der Waals surface area contributed by atoms with Gasteiger partial charge in [-0.15, -0.1) is 0 Å². The van der Waals surface area contributed by atoms with Crippen LogP contribution in [0.15, 0.2) is 40.9 Å². The maximum atomic E-state index is 11.3. The third kappa shape index (κ3) is 3.94. The largest absolute Gasteiger partial charge is 0.440 e. The molecule has 3 rings (SSSR count). The Kier molecular flexibility index (Phi) is 4.28. The van der Waals surface area contributed by atoms with Crippen LogP contribution in [0.25, 0.3) is 11.5 Å². The molecule has 6 nitrogen and oxygen atoms in total. The Bertz CT molecular complexity index is 728. The number of hydrogen-bond acceptors (Lipinski definition) is 5. The summed E-state index contributed by atoms with van der Waals surface area (Å²) in [5.41, 5.74) is 0.951. The molecule has 1 aliphatic heterocycles. The van der Waals surface area contributed by atoms with Crippen molar-refractivity contribution in [3.8, 4) is 11.5 Å². The van der Waals surface area contributed by atoms with E-state index in [0.29, 0.717) is 19.0 Å². The van der Waals surface area contributed by atoms with Gasteiger partial charge in [-0.3, -0.25) is 4.90 Å². The van der Waals surface area contributed by atoms with Crippen molar-refractivity contribution in [2.24, 2.45) is 0 Å².